The number of alkyl halides is 3. The largest absolute Gasteiger partial charge is 0.507 e. The molecule has 0 unspecified atom stereocenters. The summed E-state index contributed by atoms with van der Waals surface area (Å²) in [5.41, 5.74) is 2.54. The van der Waals surface area contributed by atoms with Crippen LogP contribution in [-0.4, -0.2) is 10.7 Å². The van der Waals surface area contributed by atoms with E-state index >= 15 is 0 Å². The summed E-state index contributed by atoms with van der Waals surface area (Å²) in [5.74, 6) is 0.848. The number of fused-ring (bicyclic) bond motifs is 1. The van der Waals surface area contributed by atoms with Gasteiger partial charge in [0.05, 0.1) is 5.56 Å². The van der Waals surface area contributed by atoms with Gasteiger partial charge in [-0.15, -0.1) is 0 Å². The minimum Gasteiger partial charge on any atom is -0.507 e. The maximum Gasteiger partial charge on any atom is 0.416 e. The number of halogens is 3. The van der Waals surface area contributed by atoms with Crippen LogP contribution in [0.4, 0.5) is 13.2 Å². The summed E-state index contributed by atoms with van der Waals surface area (Å²) in [5, 5.41) is 10.5. The van der Waals surface area contributed by atoms with Gasteiger partial charge in [0.2, 0.25) is 0 Å². The Kier molecular flexibility index (Phi) is 4.01. The first kappa shape index (κ1) is 17.6. The van der Waals surface area contributed by atoms with Crippen molar-refractivity contribution in [1.29, 1.82) is 0 Å². The van der Waals surface area contributed by atoms with Crippen LogP contribution in [0.1, 0.15) is 42.5 Å². The zero-order valence-corrected chi connectivity index (χ0v) is 14.7. The zero-order chi connectivity index (χ0) is 18.6. The van der Waals surface area contributed by atoms with Crippen LogP contribution in [0.5, 0.6) is 11.5 Å². The topological polar surface area (TPSA) is 29.5 Å². The number of hydrogen-bond donors (Lipinski definition) is 1. The normalized spacial score (nSPS) is 16.3. The molecule has 0 atom stereocenters. The SMILES string of the molecule is Cc1c(O)c(C)c(-c2ccc(C(F)(F)F)cc2)c2c1CCC(C)(C)O2. The van der Waals surface area contributed by atoms with Crippen molar-refractivity contribution < 1.29 is 23.0 Å². The lowest BCUT2D eigenvalue weighted by Crippen LogP contribution is -2.33. The van der Waals surface area contributed by atoms with Crippen molar-refractivity contribution in [1.82, 2.24) is 0 Å². The van der Waals surface area contributed by atoms with Crippen LogP contribution in [0.15, 0.2) is 24.3 Å². The molecule has 0 aliphatic carbocycles. The Hall–Kier alpha value is -2.17. The van der Waals surface area contributed by atoms with Crippen molar-refractivity contribution in [2.24, 2.45) is 0 Å². The quantitative estimate of drug-likeness (QED) is 0.704. The van der Waals surface area contributed by atoms with Gasteiger partial charge in [0.1, 0.15) is 17.1 Å². The summed E-state index contributed by atoms with van der Waals surface area (Å²) < 4.78 is 44.7. The van der Waals surface area contributed by atoms with E-state index in [1.807, 2.05) is 20.8 Å². The molecule has 2 aromatic carbocycles. The third kappa shape index (κ3) is 3.08. The molecule has 2 nitrogen and oxygen atoms in total. The van der Waals surface area contributed by atoms with Gasteiger partial charge in [0, 0.05) is 16.7 Å². The highest BCUT2D eigenvalue weighted by Gasteiger charge is 2.33. The summed E-state index contributed by atoms with van der Waals surface area (Å²) in [6, 6.07) is 4.99. The maximum absolute atomic E-state index is 12.8. The fourth-order valence-electron chi connectivity index (χ4n) is 3.37. The highest BCUT2D eigenvalue weighted by Crippen LogP contribution is 2.48. The van der Waals surface area contributed by atoms with Crippen LogP contribution in [-0.2, 0) is 12.6 Å². The van der Waals surface area contributed by atoms with Crippen LogP contribution in [0.2, 0.25) is 0 Å². The van der Waals surface area contributed by atoms with Gasteiger partial charge in [-0.3, -0.25) is 0 Å². The number of rotatable bonds is 1. The van der Waals surface area contributed by atoms with Crippen molar-refractivity contribution in [2.75, 3.05) is 0 Å². The first-order chi connectivity index (χ1) is 11.5. The second-order valence-electron chi connectivity index (χ2n) is 7.22. The third-order valence-electron chi connectivity index (χ3n) is 4.90. The Balaban J connectivity index is 2.21. The summed E-state index contributed by atoms with van der Waals surface area (Å²) in [6.07, 6.45) is -2.80. The molecular formula is C20H21F3O2. The molecule has 2 aromatic rings. The predicted octanol–water partition coefficient (Wildman–Crippen LogP) is 5.80. The average molecular weight is 350 g/mol. The molecule has 0 bridgehead atoms. The van der Waals surface area contributed by atoms with E-state index in [0.29, 0.717) is 22.4 Å². The molecule has 3 rings (SSSR count). The van der Waals surface area contributed by atoms with Gasteiger partial charge in [-0.2, -0.15) is 13.2 Å². The molecule has 0 spiro atoms. The lowest BCUT2D eigenvalue weighted by atomic mass is 9.85. The molecular weight excluding hydrogens is 329 g/mol. The van der Waals surface area contributed by atoms with Crippen LogP contribution in [0.25, 0.3) is 11.1 Å². The number of benzene rings is 2. The smallest absolute Gasteiger partial charge is 0.416 e. The highest BCUT2D eigenvalue weighted by atomic mass is 19.4. The number of phenolic OH excluding ortho intramolecular Hbond substituents is 1. The summed E-state index contributed by atoms with van der Waals surface area (Å²) in [6.45, 7) is 7.59. The molecule has 0 saturated heterocycles. The number of phenols is 1. The Morgan fingerprint density at radius 1 is 1.04 bits per heavy atom. The Morgan fingerprint density at radius 3 is 2.20 bits per heavy atom. The fourth-order valence-corrected chi connectivity index (χ4v) is 3.37. The summed E-state index contributed by atoms with van der Waals surface area (Å²) in [7, 11) is 0. The number of aromatic hydroxyl groups is 1. The molecule has 0 saturated carbocycles. The van der Waals surface area contributed by atoms with Gasteiger partial charge < -0.3 is 9.84 Å². The first-order valence-electron chi connectivity index (χ1n) is 8.23. The van der Waals surface area contributed by atoms with Gasteiger partial charge in [0.15, 0.2) is 0 Å². The van der Waals surface area contributed by atoms with Gasteiger partial charge in [-0.05, 0) is 63.8 Å². The van der Waals surface area contributed by atoms with E-state index in [4.69, 9.17) is 4.74 Å². The highest BCUT2D eigenvalue weighted by molar-refractivity contribution is 5.80. The first-order valence-corrected chi connectivity index (χ1v) is 8.23. The van der Waals surface area contributed by atoms with Crippen LogP contribution >= 0.6 is 0 Å². The minimum atomic E-state index is -4.37. The second kappa shape index (κ2) is 5.68. The van der Waals surface area contributed by atoms with Crippen LogP contribution < -0.4 is 4.74 Å². The lowest BCUT2D eigenvalue weighted by molar-refractivity contribution is -0.137. The second-order valence-corrected chi connectivity index (χ2v) is 7.22. The molecule has 0 aromatic heterocycles. The fraction of sp³-hybridized carbons (Fsp3) is 0.400. The third-order valence-corrected chi connectivity index (χ3v) is 4.90. The van der Waals surface area contributed by atoms with E-state index in [0.717, 1.165) is 36.1 Å². The van der Waals surface area contributed by atoms with E-state index in [9.17, 15) is 18.3 Å². The number of hydrogen-bond acceptors (Lipinski definition) is 2. The van der Waals surface area contributed by atoms with E-state index in [1.165, 1.54) is 12.1 Å². The minimum absolute atomic E-state index is 0.178. The van der Waals surface area contributed by atoms with Crippen LogP contribution in [0.3, 0.4) is 0 Å². The number of ether oxygens (including phenoxy) is 1. The van der Waals surface area contributed by atoms with Gasteiger partial charge >= 0.3 is 6.18 Å². The Labute approximate surface area is 145 Å². The molecule has 1 aliphatic heterocycles. The standard InChI is InChI=1S/C20H21F3O2/c1-11-15-9-10-19(3,4)25-18(15)16(12(2)17(11)24)13-5-7-14(8-6-13)20(21,22)23/h5-8,24H,9-10H2,1-4H3. The van der Waals surface area contributed by atoms with E-state index in [-0.39, 0.29) is 11.4 Å². The van der Waals surface area contributed by atoms with E-state index < -0.39 is 11.7 Å². The predicted molar refractivity (Wildman–Crippen MR) is 91.0 cm³/mol. The van der Waals surface area contributed by atoms with Gasteiger partial charge in [0.25, 0.3) is 0 Å². The van der Waals surface area contributed by atoms with Crippen molar-refractivity contribution in [2.45, 2.75) is 52.3 Å². The molecule has 0 fully saturated rings. The Bertz CT molecular complexity index is 819. The molecule has 1 aliphatic rings. The van der Waals surface area contributed by atoms with Gasteiger partial charge in [-0.1, -0.05) is 12.1 Å². The molecule has 0 radical (unpaired) electrons. The zero-order valence-electron chi connectivity index (χ0n) is 14.7. The summed E-state index contributed by atoms with van der Waals surface area (Å²) >= 11 is 0. The average Bonchev–Trinajstić information content (AvgIpc) is 2.52. The molecule has 0 amide bonds. The van der Waals surface area contributed by atoms with Crippen molar-refractivity contribution in [3.8, 4) is 22.6 Å². The maximum atomic E-state index is 12.8. The van der Waals surface area contributed by atoms with E-state index in [1.54, 1.807) is 6.92 Å². The van der Waals surface area contributed by atoms with E-state index in [2.05, 4.69) is 0 Å². The monoisotopic (exact) mass is 350 g/mol. The molecule has 1 N–H and O–H groups in total. The molecule has 134 valence electrons. The molecule has 25 heavy (non-hydrogen) atoms. The Morgan fingerprint density at radius 2 is 1.64 bits per heavy atom. The van der Waals surface area contributed by atoms with Crippen molar-refractivity contribution >= 4 is 0 Å². The van der Waals surface area contributed by atoms with Crippen molar-refractivity contribution in [3.63, 3.8) is 0 Å². The summed E-state index contributed by atoms with van der Waals surface area (Å²) in [4.78, 5) is 0. The molecule has 5 heteroatoms. The lowest BCUT2D eigenvalue weighted by Gasteiger charge is -2.35. The molecule has 1 heterocycles. The van der Waals surface area contributed by atoms with Crippen LogP contribution in [0, 0.1) is 13.8 Å². The van der Waals surface area contributed by atoms with Gasteiger partial charge in [-0.25, -0.2) is 0 Å². The van der Waals surface area contributed by atoms with Crippen molar-refractivity contribution in [3.05, 3.63) is 46.5 Å².